The van der Waals surface area contributed by atoms with E-state index < -0.39 is 75.1 Å². The Morgan fingerprint density at radius 1 is 0.457 bits per heavy atom. The van der Waals surface area contributed by atoms with Gasteiger partial charge in [-0.1, -0.05) is 0 Å². The van der Waals surface area contributed by atoms with Gasteiger partial charge < -0.3 is 19.4 Å². The Labute approximate surface area is 276 Å². The minimum absolute atomic E-state index is 0.178. The van der Waals surface area contributed by atoms with Crippen LogP contribution in [0, 0.1) is 0 Å². The van der Waals surface area contributed by atoms with Gasteiger partial charge in [-0.3, -0.25) is 0 Å². The second-order valence-corrected chi connectivity index (χ2v) is 20.4. The first-order chi connectivity index (χ1) is 20.2. The van der Waals surface area contributed by atoms with Crippen molar-refractivity contribution in [2.45, 2.75) is 192 Å². The van der Waals surface area contributed by atoms with Crippen LogP contribution in [-0.4, -0.2) is 87.6 Å². The molecule has 0 bridgehead atoms. The molecule has 0 amide bonds. The van der Waals surface area contributed by atoms with Crippen LogP contribution in [0.4, 0.5) is 14.4 Å². The number of hydroxylamine groups is 6. The molecule has 2 radical (unpaired) electrons. The Balaban J connectivity index is 1.99. The number of hydrogen-bond donors (Lipinski definition) is 1. The van der Waals surface area contributed by atoms with Crippen molar-refractivity contribution in [1.29, 1.82) is 0 Å². The molecule has 0 aliphatic carbocycles. The zero-order chi connectivity index (χ0) is 35.9. The smallest absolute Gasteiger partial charge is 0.350 e. The minimum Gasteiger partial charge on any atom is -0.455 e. The maximum atomic E-state index is 14.1. The van der Waals surface area contributed by atoms with Gasteiger partial charge in [0.2, 0.25) is 7.92 Å². The third kappa shape index (κ3) is 7.74. The summed E-state index contributed by atoms with van der Waals surface area (Å²) in [4.78, 5) is 42.4. The van der Waals surface area contributed by atoms with E-state index >= 15 is 0 Å². The van der Waals surface area contributed by atoms with Gasteiger partial charge in [0, 0.05) is 71.8 Å². The fourth-order valence-electron chi connectivity index (χ4n) is 9.78. The Bertz CT molecular complexity index is 1030. The first kappa shape index (κ1) is 39.0. The summed E-state index contributed by atoms with van der Waals surface area (Å²) in [5, 5.41) is 40.2. The highest BCUT2D eigenvalue weighted by Crippen LogP contribution is 2.54. The lowest BCUT2D eigenvalue weighted by molar-refractivity contribution is -0.308. The van der Waals surface area contributed by atoms with E-state index in [1.54, 1.807) is 76.2 Å². The molecule has 0 aromatic rings. The number of piperidine rings is 3. The summed E-state index contributed by atoms with van der Waals surface area (Å²) in [6, 6.07) is 0. The van der Waals surface area contributed by atoms with Gasteiger partial charge in [-0.2, -0.15) is 5.06 Å². The summed E-state index contributed by atoms with van der Waals surface area (Å²) in [7, 11) is -2.98. The van der Waals surface area contributed by atoms with Crippen LogP contribution in [0.25, 0.3) is 0 Å². The number of carbonyl (C=O) groups is 3. The summed E-state index contributed by atoms with van der Waals surface area (Å²) >= 11 is 0. The van der Waals surface area contributed by atoms with Crippen molar-refractivity contribution >= 4 is 25.1 Å². The van der Waals surface area contributed by atoms with E-state index in [4.69, 9.17) is 14.2 Å². The lowest BCUT2D eigenvalue weighted by Crippen LogP contribution is -2.64. The zero-order valence-electron chi connectivity index (χ0n) is 30.7. The van der Waals surface area contributed by atoms with E-state index in [0.717, 1.165) is 10.1 Å². The van der Waals surface area contributed by atoms with Gasteiger partial charge in [-0.25, -0.2) is 14.4 Å². The lowest BCUT2D eigenvalue weighted by Gasteiger charge is -2.55. The monoisotopic (exact) mass is 671 g/mol. The van der Waals surface area contributed by atoms with Crippen LogP contribution in [-0.2, 0) is 24.6 Å². The van der Waals surface area contributed by atoms with Crippen LogP contribution in [0.2, 0.25) is 0 Å². The van der Waals surface area contributed by atoms with Crippen LogP contribution in [0.15, 0.2) is 0 Å². The largest absolute Gasteiger partial charge is 0.455 e. The molecule has 46 heavy (non-hydrogen) atoms. The van der Waals surface area contributed by atoms with Crippen LogP contribution < -0.4 is 0 Å². The summed E-state index contributed by atoms with van der Waals surface area (Å²) in [6.45, 7) is 26.6. The van der Waals surface area contributed by atoms with Crippen LogP contribution in [0.3, 0.4) is 0 Å². The summed E-state index contributed by atoms with van der Waals surface area (Å²) in [6.07, 6.45) is 1.18. The quantitative estimate of drug-likeness (QED) is 0.216. The summed E-state index contributed by atoms with van der Waals surface area (Å²) in [5.74, 6) is 0. The van der Waals surface area contributed by atoms with Gasteiger partial charge in [-0.15, -0.1) is 20.5 Å². The third-order valence-electron chi connectivity index (χ3n) is 9.73. The second kappa shape index (κ2) is 11.6. The van der Waals surface area contributed by atoms with E-state index in [9.17, 15) is 30.0 Å². The van der Waals surface area contributed by atoms with Gasteiger partial charge in [0.25, 0.3) is 0 Å². The standard InChI is InChI=1S/C33H58N3O9P/c1-25(2)16-31(13,17-26(3,4)34(25)40)43-22(37)46(23(38)44-32(14)18-27(5,6)35(41)28(7,8)19-32)24(39)45-33(15)20-29(9,10)36(42)30(11,12)21-33/h40H,16-21H2,1-15H3. The molecule has 1 N–H and O–H groups in total. The van der Waals surface area contributed by atoms with Crippen molar-refractivity contribution in [3.8, 4) is 0 Å². The highest BCUT2D eigenvalue weighted by Gasteiger charge is 2.58. The number of hydrogen-bond acceptors (Lipinski definition) is 10. The molecule has 0 unspecified atom stereocenters. The van der Waals surface area contributed by atoms with E-state index in [-0.39, 0.29) is 38.5 Å². The molecule has 0 spiro atoms. The maximum Gasteiger partial charge on any atom is 0.350 e. The molecule has 0 saturated carbocycles. The number of ether oxygens (including phenoxy) is 3. The van der Waals surface area contributed by atoms with Gasteiger partial charge in [0.15, 0.2) is 0 Å². The Kier molecular flexibility index (Phi) is 9.84. The van der Waals surface area contributed by atoms with E-state index in [1.807, 2.05) is 27.7 Å². The third-order valence-corrected chi connectivity index (χ3v) is 11.1. The fraction of sp³-hybridized carbons (Fsp3) is 0.909. The van der Waals surface area contributed by atoms with Gasteiger partial charge in [-0.05, 0) is 104 Å². The molecule has 0 atom stereocenters. The van der Waals surface area contributed by atoms with Gasteiger partial charge in [0.1, 0.15) is 16.8 Å². The molecule has 3 saturated heterocycles. The molecular weight excluding hydrogens is 613 g/mol. The Morgan fingerprint density at radius 3 is 0.870 bits per heavy atom. The Morgan fingerprint density at radius 2 is 0.652 bits per heavy atom. The highest BCUT2D eigenvalue weighted by atomic mass is 31.1. The highest BCUT2D eigenvalue weighted by molar-refractivity contribution is 8.00. The number of carbonyl (C=O) groups excluding carboxylic acids is 3. The fourth-order valence-corrected chi connectivity index (χ4v) is 11.2. The number of nitrogens with zero attached hydrogens (tertiary/aromatic N) is 3. The molecule has 3 rings (SSSR count). The SMILES string of the molecule is CC1(OC(=O)P(C(=O)OC2(C)CC(C)(C)N([O])C(C)(C)C2)C(=O)OC2(C)CC(C)(C)N(O)C(C)(C)C2)CC(C)(C)N([O])C(C)(C)C1. The molecule has 3 fully saturated rings. The van der Waals surface area contributed by atoms with Crippen molar-refractivity contribution in [3.05, 3.63) is 0 Å². The van der Waals surface area contributed by atoms with Gasteiger partial charge in [0.05, 0.1) is 0 Å². The van der Waals surface area contributed by atoms with Crippen molar-refractivity contribution in [2.24, 2.45) is 0 Å². The zero-order valence-corrected chi connectivity index (χ0v) is 31.6. The Hall–Kier alpha value is -1.40. The second-order valence-electron chi connectivity index (χ2n) is 18.6. The predicted molar refractivity (Wildman–Crippen MR) is 172 cm³/mol. The molecule has 0 aromatic carbocycles. The molecule has 264 valence electrons. The van der Waals surface area contributed by atoms with E-state index in [2.05, 4.69) is 0 Å². The molecular formula is C33H58N3O9P. The average Bonchev–Trinajstić information content (AvgIpc) is 2.76. The van der Waals surface area contributed by atoms with Crippen LogP contribution in [0.5, 0.6) is 0 Å². The first-order valence-electron chi connectivity index (χ1n) is 16.2. The minimum atomic E-state index is -2.98. The maximum absolute atomic E-state index is 14.1. The van der Waals surface area contributed by atoms with E-state index in [1.165, 1.54) is 5.06 Å². The lowest BCUT2D eigenvalue weighted by atomic mass is 9.73. The molecule has 12 nitrogen and oxygen atoms in total. The normalized spacial score (nSPS) is 29.0. The van der Waals surface area contributed by atoms with Crippen LogP contribution in [0.1, 0.15) is 142 Å². The summed E-state index contributed by atoms with van der Waals surface area (Å²) < 4.78 is 18.2. The van der Waals surface area contributed by atoms with Crippen LogP contribution >= 0.6 is 7.92 Å². The first-order valence-corrected chi connectivity index (χ1v) is 17.5. The topological polar surface area (TPSA) is 149 Å². The molecule has 3 heterocycles. The predicted octanol–water partition coefficient (Wildman–Crippen LogP) is 8.19. The number of rotatable bonds is 6. The summed E-state index contributed by atoms with van der Waals surface area (Å²) in [5.41, 5.74) is -11.7. The molecule has 3 aliphatic rings. The van der Waals surface area contributed by atoms with Crippen molar-refractivity contribution < 1.29 is 44.2 Å². The van der Waals surface area contributed by atoms with Gasteiger partial charge >= 0.3 is 17.1 Å². The van der Waals surface area contributed by atoms with E-state index in [0.29, 0.717) is 0 Å². The molecule has 13 heteroatoms. The molecule has 0 aromatic heterocycles. The van der Waals surface area contributed by atoms with Crippen molar-refractivity contribution in [2.75, 3.05) is 0 Å². The van der Waals surface area contributed by atoms with Crippen molar-refractivity contribution in [3.63, 3.8) is 0 Å². The molecule has 3 aliphatic heterocycles. The average molecular weight is 672 g/mol. The van der Waals surface area contributed by atoms with Crippen molar-refractivity contribution in [1.82, 2.24) is 15.2 Å².